The molecule has 0 spiro atoms. The van der Waals surface area contributed by atoms with Crippen LogP contribution in [0.25, 0.3) is 0 Å². The van der Waals surface area contributed by atoms with Crippen molar-refractivity contribution in [3.05, 3.63) is 22.4 Å². The molecule has 5 heteroatoms. The number of thiophene rings is 1. The topological polar surface area (TPSA) is 58.4 Å². The normalized spacial score (nSPS) is 20.9. The maximum atomic E-state index is 11.5. The van der Waals surface area contributed by atoms with Crippen molar-refractivity contribution in [3.8, 4) is 0 Å². The van der Waals surface area contributed by atoms with E-state index in [4.69, 9.17) is 5.73 Å². The Hall–Kier alpha value is -0.910. The number of hydrogen-bond acceptors (Lipinski definition) is 4. The van der Waals surface area contributed by atoms with E-state index < -0.39 is 0 Å². The van der Waals surface area contributed by atoms with E-state index in [2.05, 4.69) is 28.6 Å². The number of nitrogens with one attached hydrogen (secondary N) is 1. The summed E-state index contributed by atoms with van der Waals surface area (Å²) in [6.45, 7) is 4.14. The van der Waals surface area contributed by atoms with E-state index in [1.807, 2.05) is 6.07 Å². The van der Waals surface area contributed by atoms with E-state index in [-0.39, 0.29) is 18.0 Å². The molecule has 2 unspecified atom stereocenters. The lowest BCUT2D eigenvalue weighted by atomic mass is 10.0. The lowest BCUT2D eigenvalue weighted by Crippen LogP contribution is -2.52. The summed E-state index contributed by atoms with van der Waals surface area (Å²) in [5.41, 5.74) is 6.22. The Balaban J connectivity index is 2.18. The van der Waals surface area contributed by atoms with Gasteiger partial charge >= 0.3 is 0 Å². The van der Waals surface area contributed by atoms with Crippen LogP contribution in [-0.2, 0) is 4.79 Å². The molecular weight excluding hydrogens is 234 g/mol. The molecule has 1 aromatic heterocycles. The van der Waals surface area contributed by atoms with E-state index in [9.17, 15) is 4.79 Å². The summed E-state index contributed by atoms with van der Waals surface area (Å²) in [6, 6.07) is 4.40. The molecule has 1 amide bonds. The standard InChI is InChI=1S/C12H19N3OS/c1-2-9(13)12(10-4-3-7-17-10)15-6-5-14-11(16)8-15/h3-4,7,9,12H,2,5-6,8,13H2,1H3,(H,14,16). The number of hydrogen-bond donors (Lipinski definition) is 2. The average Bonchev–Trinajstić information content (AvgIpc) is 2.83. The second-order valence-corrected chi connectivity index (χ2v) is 5.33. The molecule has 4 nitrogen and oxygen atoms in total. The smallest absolute Gasteiger partial charge is 0.234 e. The molecule has 2 rings (SSSR count). The van der Waals surface area contributed by atoms with E-state index in [0.717, 1.165) is 19.5 Å². The van der Waals surface area contributed by atoms with Crippen molar-refractivity contribution < 1.29 is 4.79 Å². The molecule has 0 radical (unpaired) electrons. The molecule has 0 saturated carbocycles. The molecule has 3 N–H and O–H groups in total. The zero-order chi connectivity index (χ0) is 12.3. The van der Waals surface area contributed by atoms with Gasteiger partial charge in [-0.2, -0.15) is 0 Å². The van der Waals surface area contributed by atoms with Gasteiger partial charge in [-0.15, -0.1) is 11.3 Å². The number of piperazine rings is 1. The molecule has 1 aliphatic heterocycles. The Labute approximate surface area is 106 Å². The van der Waals surface area contributed by atoms with Crippen LogP contribution in [0.15, 0.2) is 17.5 Å². The number of nitrogens with zero attached hydrogens (tertiary/aromatic N) is 1. The van der Waals surface area contributed by atoms with E-state index in [1.165, 1.54) is 4.88 Å². The van der Waals surface area contributed by atoms with Gasteiger partial charge in [-0.05, 0) is 17.9 Å². The minimum absolute atomic E-state index is 0.0829. The van der Waals surface area contributed by atoms with Crippen LogP contribution in [0.3, 0.4) is 0 Å². The van der Waals surface area contributed by atoms with Crippen molar-refractivity contribution in [2.45, 2.75) is 25.4 Å². The first-order valence-corrected chi connectivity index (χ1v) is 6.90. The van der Waals surface area contributed by atoms with Gasteiger partial charge in [0.1, 0.15) is 0 Å². The molecule has 2 atom stereocenters. The SMILES string of the molecule is CCC(N)C(c1cccs1)N1CCNC(=O)C1. The molecule has 2 heterocycles. The summed E-state index contributed by atoms with van der Waals surface area (Å²) in [7, 11) is 0. The maximum absolute atomic E-state index is 11.5. The highest BCUT2D eigenvalue weighted by Gasteiger charge is 2.29. The largest absolute Gasteiger partial charge is 0.354 e. The molecule has 1 aromatic rings. The van der Waals surface area contributed by atoms with Crippen LogP contribution in [0.5, 0.6) is 0 Å². The fraction of sp³-hybridized carbons (Fsp3) is 0.583. The summed E-state index contributed by atoms with van der Waals surface area (Å²) in [5.74, 6) is 0.0982. The average molecular weight is 253 g/mol. The second-order valence-electron chi connectivity index (χ2n) is 4.35. The first-order valence-electron chi connectivity index (χ1n) is 6.02. The van der Waals surface area contributed by atoms with Gasteiger partial charge in [0.15, 0.2) is 0 Å². The Morgan fingerprint density at radius 1 is 1.65 bits per heavy atom. The first-order chi connectivity index (χ1) is 8.22. The van der Waals surface area contributed by atoms with Crippen LogP contribution in [0.4, 0.5) is 0 Å². The number of nitrogens with two attached hydrogens (primary N) is 1. The highest BCUT2D eigenvalue weighted by Crippen LogP contribution is 2.28. The van der Waals surface area contributed by atoms with Crippen molar-refractivity contribution in [1.29, 1.82) is 0 Å². The third-order valence-corrected chi connectivity index (χ3v) is 4.12. The summed E-state index contributed by atoms with van der Waals surface area (Å²) in [5, 5.41) is 4.92. The predicted molar refractivity (Wildman–Crippen MR) is 69.9 cm³/mol. The van der Waals surface area contributed by atoms with Crippen LogP contribution in [0, 0.1) is 0 Å². The van der Waals surface area contributed by atoms with Gasteiger partial charge in [0.25, 0.3) is 0 Å². The summed E-state index contributed by atoms with van der Waals surface area (Å²) in [4.78, 5) is 14.9. The molecule has 94 valence electrons. The molecule has 0 aliphatic carbocycles. The van der Waals surface area contributed by atoms with Crippen molar-refractivity contribution in [3.63, 3.8) is 0 Å². The van der Waals surface area contributed by atoms with Crippen molar-refractivity contribution in [1.82, 2.24) is 10.2 Å². The Morgan fingerprint density at radius 3 is 3.06 bits per heavy atom. The Bertz CT molecular complexity index is 366. The van der Waals surface area contributed by atoms with Gasteiger partial charge in [0.05, 0.1) is 12.6 Å². The molecule has 1 aliphatic rings. The monoisotopic (exact) mass is 253 g/mol. The number of rotatable bonds is 4. The Morgan fingerprint density at radius 2 is 2.47 bits per heavy atom. The third-order valence-electron chi connectivity index (χ3n) is 3.17. The van der Waals surface area contributed by atoms with Crippen LogP contribution in [-0.4, -0.2) is 36.5 Å². The lowest BCUT2D eigenvalue weighted by molar-refractivity contribution is -0.125. The maximum Gasteiger partial charge on any atom is 0.234 e. The summed E-state index contributed by atoms with van der Waals surface area (Å²) in [6.07, 6.45) is 0.917. The molecule has 1 fully saturated rings. The zero-order valence-corrected chi connectivity index (χ0v) is 10.9. The van der Waals surface area contributed by atoms with Gasteiger partial charge in [0.2, 0.25) is 5.91 Å². The predicted octanol–water partition coefficient (Wildman–Crippen LogP) is 0.958. The van der Waals surface area contributed by atoms with Crippen LogP contribution >= 0.6 is 11.3 Å². The molecule has 1 saturated heterocycles. The zero-order valence-electron chi connectivity index (χ0n) is 10.1. The van der Waals surface area contributed by atoms with E-state index >= 15 is 0 Å². The third kappa shape index (κ3) is 2.86. The van der Waals surface area contributed by atoms with E-state index in [1.54, 1.807) is 11.3 Å². The van der Waals surface area contributed by atoms with Crippen molar-refractivity contribution >= 4 is 17.2 Å². The highest BCUT2D eigenvalue weighted by atomic mass is 32.1. The van der Waals surface area contributed by atoms with Gasteiger partial charge in [-0.3, -0.25) is 9.69 Å². The molecular formula is C12H19N3OS. The van der Waals surface area contributed by atoms with Gasteiger partial charge in [-0.1, -0.05) is 13.0 Å². The van der Waals surface area contributed by atoms with Crippen molar-refractivity contribution in [2.24, 2.45) is 5.73 Å². The summed E-state index contributed by atoms with van der Waals surface area (Å²) >= 11 is 1.72. The minimum Gasteiger partial charge on any atom is -0.354 e. The van der Waals surface area contributed by atoms with Crippen LogP contribution < -0.4 is 11.1 Å². The van der Waals surface area contributed by atoms with Gasteiger partial charge < -0.3 is 11.1 Å². The van der Waals surface area contributed by atoms with Gasteiger partial charge in [-0.25, -0.2) is 0 Å². The fourth-order valence-corrected chi connectivity index (χ4v) is 3.18. The number of carbonyl (C=O) groups excluding carboxylic acids is 1. The minimum atomic E-state index is 0.0829. The van der Waals surface area contributed by atoms with Crippen LogP contribution in [0.2, 0.25) is 0 Å². The van der Waals surface area contributed by atoms with Gasteiger partial charge in [0, 0.05) is 24.0 Å². The number of amides is 1. The molecule has 0 aromatic carbocycles. The summed E-state index contributed by atoms with van der Waals surface area (Å²) < 4.78 is 0. The van der Waals surface area contributed by atoms with E-state index in [0.29, 0.717) is 6.54 Å². The first kappa shape index (κ1) is 12.5. The quantitative estimate of drug-likeness (QED) is 0.840. The molecule has 0 bridgehead atoms. The fourth-order valence-electron chi connectivity index (χ4n) is 2.24. The van der Waals surface area contributed by atoms with Crippen molar-refractivity contribution in [2.75, 3.05) is 19.6 Å². The second kappa shape index (κ2) is 5.62. The molecule has 17 heavy (non-hydrogen) atoms. The Kier molecular flexibility index (Phi) is 4.15. The lowest BCUT2D eigenvalue weighted by Gasteiger charge is -2.36. The van der Waals surface area contributed by atoms with Crippen LogP contribution in [0.1, 0.15) is 24.3 Å². The highest BCUT2D eigenvalue weighted by molar-refractivity contribution is 7.10. The number of carbonyl (C=O) groups is 1.